The van der Waals surface area contributed by atoms with E-state index in [1.54, 1.807) is 6.92 Å². The van der Waals surface area contributed by atoms with E-state index in [4.69, 9.17) is 4.52 Å². The van der Waals surface area contributed by atoms with E-state index in [2.05, 4.69) is 25.8 Å². The van der Waals surface area contributed by atoms with Crippen LogP contribution in [0.3, 0.4) is 0 Å². The molecule has 0 saturated heterocycles. The number of nitrogens with one attached hydrogen (secondary N) is 2. The maximum Gasteiger partial charge on any atom is 0.228 e. The van der Waals surface area contributed by atoms with Gasteiger partial charge >= 0.3 is 0 Å². The van der Waals surface area contributed by atoms with Gasteiger partial charge in [-0.05, 0) is 27.7 Å². The number of hydrogen-bond donors (Lipinski definition) is 2. The zero-order valence-corrected chi connectivity index (χ0v) is 17.3. The quantitative estimate of drug-likeness (QED) is 0.334. The summed E-state index contributed by atoms with van der Waals surface area (Å²) < 4.78 is 5.05. The molecule has 0 aliphatic heterocycles. The van der Waals surface area contributed by atoms with Gasteiger partial charge in [0, 0.05) is 39.0 Å². The van der Waals surface area contributed by atoms with Gasteiger partial charge in [-0.25, -0.2) is 0 Å². The van der Waals surface area contributed by atoms with E-state index in [0.29, 0.717) is 43.6 Å². The van der Waals surface area contributed by atoms with Crippen LogP contribution in [0.5, 0.6) is 0 Å². The Bertz CT molecular complexity index is 502. The fraction of sp³-hybridized carbons (Fsp3) is 0.733. The molecule has 0 aliphatic rings. The van der Waals surface area contributed by atoms with E-state index in [1.807, 2.05) is 25.7 Å². The van der Waals surface area contributed by atoms with Gasteiger partial charge in [0.15, 0.2) is 11.8 Å². The van der Waals surface area contributed by atoms with Crippen LogP contribution in [-0.2, 0) is 11.2 Å². The number of halogens is 1. The zero-order valence-electron chi connectivity index (χ0n) is 15.0. The van der Waals surface area contributed by atoms with Gasteiger partial charge in [-0.2, -0.15) is 4.98 Å². The van der Waals surface area contributed by atoms with Crippen molar-refractivity contribution < 1.29 is 9.32 Å². The number of guanidine groups is 1. The van der Waals surface area contributed by atoms with Crippen LogP contribution in [-0.4, -0.2) is 59.6 Å². The van der Waals surface area contributed by atoms with Crippen LogP contribution in [0.15, 0.2) is 9.52 Å². The van der Waals surface area contributed by atoms with Crippen molar-refractivity contribution in [3.8, 4) is 0 Å². The highest BCUT2D eigenvalue weighted by atomic mass is 127. The lowest BCUT2D eigenvalue weighted by atomic mass is 10.3. The van der Waals surface area contributed by atoms with Crippen molar-refractivity contribution in [3.63, 3.8) is 0 Å². The molecule has 1 amide bonds. The molecule has 0 bridgehead atoms. The third-order valence-corrected chi connectivity index (χ3v) is 3.26. The van der Waals surface area contributed by atoms with Crippen molar-refractivity contribution in [2.24, 2.45) is 4.99 Å². The van der Waals surface area contributed by atoms with Gasteiger partial charge in [-0.1, -0.05) is 5.16 Å². The van der Waals surface area contributed by atoms with E-state index in [9.17, 15) is 4.79 Å². The first-order valence-corrected chi connectivity index (χ1v) is 8.19. The Balaban J connectivity index is 0.00000529. The van der Waals surface area contributed by atoms with Crippen LogP contribution in [0.2, 0.25) is 0 Å². The minimum Gasteiger partial charge on any atom is -0.357 e. The van der Waals surface area contributed by atoms with Crippen molar-refractivity contribution in [2.45, 2.75) is 40.5 Å². The third-order valence-electron chi connectivity index (χ3n) is 3.26. The molecule has 0 aliphatic carbocycles. The molecular weight excluding hydrogens is 423 g/mol. The average molecular weight is 452 g/mol. The van der Waals surface area contributed by atoms with E-state index < -0.39 is 0 Å². The Hall–Kier alpha value is -1.39. The number of amides is 1. The Morgan fingerprint density at radius 3 is 2.50 bits per heavy atom. The predicted molar refractivity (Wildman–Crippen MR) is 105 cm³/mol. The van der Waals surface area contributed by atoms with Gasteiger partial charge in [-0.3, -0.25) is 9.79 Å². The van der Waals surface area contributed by atoms with E-state index in [-0.39, 0.29) is 29.9 Å². The minimum atomic E-state index is 0. The van der Waals surface area contributed by atoms with E-state index >= 15 is 0 Å². The maximum atomic E-state index is 11.9. The van der Waals surface area contributed by atoms with Crippen molar-refractivity contribution in [3.05, 3.63) is 11.7 Å². The average Bonchev–Trinajstić information content (AvgIpc) is 2.94. The van der Waals surface area contributed by atoms with Crippen LogP contribution in [0.1, 0.15) is 38.9 Å². The lowest BCUT2D eigenvalue weighted by Crippen LogP contribution is -2.40. The van der Waals surface area contributed by atoms with Crippen molar-refractivity contribution in [1.29, 1.82) is 0 Å². The summed E-state index contributed by atoms with van der Waals surface area (Å²) in [6, 6.07) is 0. The summed E-state index contributed by atoms with van der Waals surface area (Å²) >= 11 is 0. The second-order valence-electron chi connectivity index (χ2n) is 4.99. The molecule has 1 aromatic heterocycles. The first kappa shape index (κ1) is 22.6. The second kappa shape index (κ2) is 13.0. The first-order valence-electron chi connectivity index (χ1n) is 8.19. The smallest absolute Gasteiger partial charge is 0.228 e. The van der Waals surface area contributed by atoms with Gasteiger partial charge < -0.3 is 20.1 Å². The van der Waals surface area contributed by atoms with Gasteiger partial charge in [0.05, 0.1) is 6.54 Å². The van der Waals surface area contributed by atoms with Gasteiger partial charge in [0.2, 0.25) is 11.8 Å². The monoisotopic (exact) mass is 452 g/mol. The summed E-state index contributed by atoms with van der Waals surface area (Å²) in [4.78, 5) is 22.3. The third kappa shape index (κ3) is 8.46. The summed E-state index contributed by atoms with van der Waals surface area (Å²) in [5.41, 5.74) is 0. The summed E-state index contributed by atoms with van der Waals surface area (Å²) in [5.74, 6) is 2.05. The summed E-state index contributed by atoms with van der Waals surface area (Å²) in [6.45, 7) is 11.1. The molecule has 0 radical (unpaired) electrons. The topological polar surface area (TPSA) is 95.6 Å². The number of hydrogen-bond acceptors (Lipinski definition) is 5. The lowest BCUT2D eigenvalue weighted by Gasteiger charge is -2.19. The van der Waals surface area contributed by atoms with Crippen molar-refractivity contribution in [2.75, 3.05) is 32.7 Å². The number of aromatic nitrogens is 2. The summed E-state index contributed by atoms with van der Waals surface area (Å²) in [7, 11) is 0. The Morgan fingerprint density at radius 1 is 1.25 bits per heavy atom. The predicted octanol–water partition coefficient (Wildman–Crippen LogP) is 1.35. The van der Waals surface area contributed by atoms with Gasteiger partial charge in [-0.15, -0.1) is 24.0 Å². The molecule has 0 saturated carbocycles. The number of carbonyl (C=O) groups excluding carboxylic acids is 1. The standard InChI is InChI=1S/C15H28N6O2.HI/c1-5-16-15(17-10-8-13-19-12(4)20-23-13)18-11-9-14(22)21(6-2)7-3;/h5-11H2,1-4H3,(H2,16,17,18);1H. The number of nitrogens with zero attached hydrogens (tertiary/aromatic N) is 4. The molecule has 0 fully saturated rings. The molecule has 2 N–H and O–H groups in total. The van der Waals surface area contributed by atoms with Gasteiger partial charge in [0.1, 0.15) is 0 Å². The van der Waals surface area contributed by atoms with Crippen molar-refractivity contribution in [1.82, 2.24) is 25.7 Å². The SMILES string of the molecule is CCNC(=NCCc1nc(C)no1)NCCC(=O)N(CC)CC.I. The van der Waals surface area contributed by atoms with Gasteiger partial charge in [0.25, 0.3) is 0 Å². The number of aliphatic imine (C=N–C) groups is 1. The largest absolute Gasteiger partial charge is 0.357 e. The maximum absolute atomic E-state index is 11.9. The Morgan fingerprint density at radius 2 is 1.96 bits per heavy atom. The molecule has 0 spiro atoms. The molecule has 1 rings (SSSR count). The highest BCUT2D eigenvalue weighted by Gasteiger charge is 2.09. The Labute approximate surface area is 160 Å². The van der Waals surface area contributed by atoms with Crippen molar-refractivity contribution >= 4 is 35.8 Å². The molecule has 0 atom stereocenters. The van der Waals surface area contributed by atoms with Crippen LogP contribution in [0, 0.1) is 6.92 Å². The number of rotatable bonds is 9. The summed E-state index contributed by atoms with van der Waals surface area (Å²) in [5, 5.41) is 10.1. The molecule has 1 aromatic rings. The molecule has 24 heavy (non-hydrogen) atoms. The fourth-order valence-electron chi connectivity index (χ4n) is 2.07. The highest BCUT2D eigenvalue weighted by molar-refractivity contribution is 14.0. The summed E-state index contributed by atoms with van der Waals surface area (Å²) in [6.07, 6.45) is 1.05. The second-order valence-corrected chi connectivity index (χ2v) is 4.99. The molecule has 0 aromatic carbocycles. The molecule has 138 valence electrons. The van der Waals surface area contributed by atoms with Crippen LogP contribution in [0.4, 0.5) is 0 Å². The van der Waals surface area contributed by atoms with E-state index in [1.165, 1.54) is 0 Å². The lowest BCUT2D eigenvalue weighted by molar-refractivity contribution is -0.130. The number of aryl methyl sites for hydroxylation is 1. The molecular formula is C15H29IN6O2. The molecule has 8 nitrogen and oxygen atoms in total. The molecule has 0 unspecified atom stereocenters. The Kier molecular flexibility index (Phi) is 12.2. The fourth-order valence-corrected chi connectivity index (χ4v) is 2.07. The molecule has 1 heterocycles. The molecule has 9 heteroatoms. The number of carbonyl (C=O) groups is 1. The minimum absolute atomic E-state index is 0. The van der Waals surface area contributed by atoms with E-state index in [0.717, 1.165) is 19.6 Å². The zero-order chi connectivity index (χ0) is 17.1. The highest BCUT2D eigenvalue weighted by Crippen LogP contribution is 1.97. The first-order chi connectivity index (χ1) is 11.1. The van der Waals surface area contributed by atoms with Crippen LogP contribution < -0.4 is 10.6 Å². The van der Waals surface area contributed by atoms with Crippen LogP contribution in [0.25, 0.3) is 0 Å². The van der Waals surface area contributed by atoms with Crippen LogP contribution >= 0.6 is 24.0 Å². The normalized spacial score (nSPS) is 10.9.